The van der Waals surface area contributed by atoms with Gasteiger partial charge in [0.1, 0.15) is 11.4 Å². The summed E-state index contributed by atoms with van der Waals surface area (Å²) in [6.45, 7) is 3.02. The highest BCUT2D eigenvalue weighted by Gasteiger charge is 2.57. The summed E-state index contributed by atoms with van der Waals surface area (Å²) in [7, 11) is 1.63. The van der Waals surface area contributed by atoms with E-state index in [1.807, 2.05) is 25.4 Å². The highest BCUT2D eigenvalue weighted by atomic mass is 32.1. The van der Waals surface area contributed by atoms with Gasteiger partial charge in [0.2, 0.25) is 5.91 Å². The lowest BCUT2D eigenvalue weighted by atomic mass is 9.83. The lowest BCUT2D eigenvalue weighted by Gasteiger charge is -2.42. The average Bonchev–Trinajstić information content (AvgIpc) is 3.39. The van der Waals surface area contributed by atoms with Gasteiger partial charge in [0.25, 0.3) is 0 Å². The van der Waals surface area contributed by atoms with Gasteiger partial charge in [0, 0.05) is 53.5 Å². The van der Waals surface area contributed by atoms with Crippen LogP contribution in [0.25, 0.3) is 10.4 Å². The van der Waals surface area contributed by atoms with Crippen LogP contribution in [0, 0.1) is 24.1 Å². The first kappa shape index (κ1) is 19.7. The Balaban J connectivity index is 1.57. The van der Waals surface area contributed by atoms with Crippen LogP contribution in [0.3, 0.4) is 0 Å². The molecule has 6 nitrogen and oxygen atoms in total. The van der Waals surface area contributed by atoms with Crippen molar-refractivity contribution in [2.24, 2.45) is 5.92 Å². The zero-order valence-electron chi connectivity index (χ0n) is 17.2. The number of halogens is 1. The Morgan fingerprint density at radius 2 is 2.00 bits per heavy atom. The second-order valence-corrected chi connectivity index (χ2v) is 9.25. The SMILES string of the molecule is Cc1cncc(-c2ccc([C@]34CN(c5ccc(F)cc5)C[C@H]3C(=O)N(C)C(=N)N4)s2)c1. The Morgan fingerprint density at radius 1 is 1.23 bits per heavy atom. The zero-order chi connectivity index (χ0) is 21.8. The number of aromatic nitrogens is 1. The number of nitrogens with zero attached hydrogens (tertiary/aromatic N) is 3. The van der Waals surface area contributed by atoms with Crippen molar-refractivity contribution >= 4 is 28.9 Å². The first-order valence-electron chi connectivity index (χ1n) is 10.0. The molecule has 4 heterocycles. The topological polar surface area (TPSA) is 72.3 Å². The number of benzene rings is 1. The molecule has 2 atom stereocenters. The van der Waals surface area contributed by atoms with Gasteiger partial charge in [-0.25, -0.2) is 4.39 Å². The molecule has 31 heavy (non-hydrogen) atoms. The van der Waals surface area contributed by atoms with Gasteiger partial charge < -0.3 is 10.2 Å². The summed E-state index contributed by atoms with van der Waals surface area (Å²) in [5, 5.41) is 11.7. The van der Waals surface area contributed by atoms with Crippen LogP contribution < -0.4 is 10.2 Å². The smallest absolute Gasteiger partial charge is 0.236 e. The normalized spacial score (nSPS) is 23.1. The van der Waals surface area contributed by atoms with Crippen LogP contribution in [0.5, 0.6) is 0 Å². The third-order valence-electron chi connectivity index (χ3n) is 6.14. The molecule has 158 valence electrons. The van der Waals surface area contributed by atoms with Gasteiger partial charge in [-0.2, -0.15) is 0 Å². The third kappa shape index (κ3) is 3.18. The molecule has 1 aromatic carbocycles. The van der Waals surface area contributed by atoms with Gasteiger partial charge in [-0.3, -0.25) is 20.1 Å². The Labute approximate surface area is 183 Å². The van der Waals surface area contributed by atoms with Crippen molar-refractivity contribution in [2.75, 3.05) is 25.0 Å². The Hall–Kier alpha value is -3.26. The number of anilines is 1. The van der Waals surface area contributed by atoms with Gasteiger partial charge in [0.05, 0.1) is 5.92 Å². The maximum atomic E-state index is 13.4. The maximum Gasteiger partial charge on any atom is 0.236 e. The summed E-state index contributed by atoms with van der Waals surface area (Å²) >= 11 is 1.62. The lowest BCUT2D eigenvalue weighted by Crippen LogP contribution is -2.64. The molecule has 0 aliphatic carbocycles. The predicted octanol–water partition coefficient (Wildman–Crippen LogP) is 3.59. The number of hydrogen-bond acceptors (Lipinski definition) is 5. The fourth-order valence-electron chi connectivity index (χ4n) is 4.49. The summed E-state index contributed by atoms with van der Waals surface area (Å²) in [5.74, 6) is -0.644. The molecule has 2 aliphatic rings. The molecular weight excluding hydrogens is 413 g/mol. The van der Waals surface area contributed by atoms with Gasteiger partial charge in [-0.15, -0.1) is 11.3 Å². The van der Waals surface area contributed by atoms with Gasteiger partial charge in [-0.05, 0) is 55.0 Å². The number of fused-ring (bicyclic) bond motifs is 1. The average molecular weight is 436 g/mol. The molecule has 2 saturated heterocycles. The fraction of sp³-hybridized carbons (Fsp3) is 0.261. The molecule has 0 radical (unpaired) electrons. The van der Waals surface area contributed by atoms with E-state index in [2.05, 4.69) is 27.3 Å². The minimum absolute atomic E-state index is 0.0828. The first-order chi connectivity index (χ1) is 14.9. The largest absolute Gasteiger partial charge is 0.368 e. The van der Waals surface area contributed by atoms with E-state index in [4.69, 9.17) is 5.41 Å². The number of hydrogen-bond donors (Lipinski definition) is 2. The maximum absolute atomic E-state index is 13.4. The monoisotopic (exact) mass is 435 g/mol. The molecule has 0 saturated carbocycles. The molecule has 2 aromatic heterocycles. The highest BCUT2D eigenvalue weighted by Crippen LogP contribution is 2.45. The van der Waals surface area contributed by atoms with Crippen LogP contribution >= 0.6 is 11.3 Å². The number of pyridine rings is 1. The molecule has 0 bridgehead atoms. The second kappa shape index (κ2) is 7.16. The molecular formula is C23H22FN5OS. The van der Waals surface area contributed by atoms with Crippen molar-refractivity contribution in [3.8, 4) is 10.4 Å². The number of carbonyl (C=O) groups is 1. The van der Waals surface area contributed by atoms with E-state index in [1.165, 1.54) is 17.0 Å². The molecule has 8 heteroatoms. The van der Waals surface area contributed by atoms with Crippen LogP contribution in [0.2, 0.25) is 0 Å². The van der Waals surface area contributed by atoms with Crippen molar-refractivity contribution in [3.63, 3.8) is 0 Å². The van der Waals surface area contributed by atoms with Crippen molar-refractivity contribution in [1.82, 2.24) is 15.2 Å². The Bertz CT molecular complexity index is 1180. The van der Waals surface area contributed by atoms with E-state index < -0.39 is 5.54 Å². The van der Waals surface area contributed by atoms with E-state index in [0.29, 0.717) is 13.1 Å². The molecule has 2 aliphatic heterocycles. The molecule has 0 unspecified atom stereocenters. The molecule has 2 N–H and O–H groups in total. The summed E-state index contributed by atoms with van der Waals surface area (Å²) in [4.78, 5) is 23.0. The molecule has 0 spiro atoms. The van der Waals surface area contributed by atoms with Crippen molar-refractivity contribution < 1.29 is 9.18 Å². The quantitative estimate of drug-likeness (QED) is 0.660. The van der Waals surface area contributed by atoms with E-state index in [-0.39, 0.29) is 23.6 Å². The zero-order valence-corrected chi connectivity index (χ0v) is 18.0. The number of aryl methyl sites for hydroxylation is 1. The summed E-state index contributed by atoms with van der Waals surface area (Å²) in [5.41, 5.74) is 2.27. The van der Waals surface area contributed by atoms with E-state index in [9.17, 15) is 9.18 Å². The number of amides is 1. The van der Waals surface area contributed by atoms with E-state index >= 15 is 0 Å². The molecule has 1 amide bonds. The summed E-state index contributed by atoms with van der Waals surface area (Å²) in [6.07, 6.45) is 3.66. The number of rotatable bonds is 3. The van der Waals surface area contributed by atoms with Crippen LogP contribution in [0.15, 0.2) is 54.9 Å². The second-order valence-electron chi connectivity index (χ2n) is 8.17. The lowest BCUT2D eigenvalue weighted by molar-refractivity contribution is -0.133. The molecule has 5 rings (SSSR count). The van der Waals surface area contributed by atoms with Crippen LogP contribution in [0.4, 0.5) is 10.1 Å². The number of nitrogens with one attached hydrogen (secondary N) is 2. The number of carbonyl (C=O) groups excluding carboxylic acids is 1. The third-order valence-corrected chi connectivity index (χ3v) is 7.45. The predicted molar refractivity (Wildman–Crippen MR) is 120 cm³/mol. The van der Waals surface area contributed by atoms with Crippen LogP contribution in [0.1, 0.15) is 10.4 Å². The van der Waals surface area contributed by atoms with Crippen LogP contribution in [-0.2, 0) is 10.3 Å². The van der Waals surface area contributed by atoms with Crippen LogP contribution in [-0.4, -0.2) is 41.9 Å². The standard InChI is InChI=1S/C23H22FN5OS/c1-14-9-15(11-26-10-14)19-7-8-20(31-19)23-13-29(17-5-3-16(24)4-6-17)12-18(23)21(30)28(2)22(25)27-23/h3-11,18H,12-13H2,1-2H3,(H2,25,27)/t18-,23-/m0/s1. The van der Waals surface area contributed by atoms with Crippen molar-refractivity contribution in [2.45, 2.75) is 12.5 Å². The van der Waals surface area contributed by atoms with Gasteiger partial charge >= 0.3 is 0 Å². The first-order valence-corrected chi connectivity index (χ1v) is 10.9. The summed E-state index contributed by atoms with van der Waals surface area (Å²) < 4.78 is 13.4. The van der Waals surface area contributed by atoms with E-state index in [0.717, 1.165) is 26.6 Å². The minimum Gasteiger partial charge on any atom is -0.368 e. The minimum atomic E-state index is -0.713. The fourth-order valence-corrected chi connectivity index (χ4v) is 5.67. The van der Waals surface area contributed by atoms with Crippen molar-refractivity contribution in [3.05, 3.63) is 71.1 Å². The highest BCUT2D eigenvalue weighted by molar-refractivity contribution is 7.15. The van der Waals surface area contributed by atoms with Gasteiger partial charge in [0.15, 0.2) is 5.96 Å². The number of thiophene rings is 1. The van der Waals surface area contributed by atoms with E-state index in [1.54, 1.807) is 30.5 Å². The molecule has 3 aromatic rings. The molecule has 2 fully saturated rings. The Morgan fingerprint density at radius 3 is 2.74 bits per heavy atom. The Kier molecular flexibility index (Phi) is 4.55. The summed E-state index contributed by atoms with van der Waals surface area (Å²) in [6, 6.07) is 12.5. The van der Waals surface area contributed by atoms with Gasteiger partial charge in [-0.1, -0.05) is 0 Å². The van der Waals surface area contributed by atoms with Crippen molar-refractivity contribution in [1.29, 1.82) is 5.41 Å². The number of guanidine groups is 1.